The normalized spacial score (nSPS) is 42.2. The van der Waals surface area contributed by atoms with E-state index < -0.39 is 42.6 Å². The molecule has 1 aliphatic heterocycles. The van der Waals surface area contributed by atoms with E-state index in [4.69, 9.17) is 14.6 Å². The van der Waals surface area contributed by atoms with Gasteiger partial charge in [-0.3, -0.25) is 4.79 Å². The van der Waals surface area contributed by atoms with Crippen LogP contribution in [0.2, 0.25) is 0 Å². The van der Waals surface area contributed by atoms with E-state index in [0.29, 0.717) is 0 Å². The highest BCUT2D eigenvalue weighted by Crippen LogP contribution is 2.31. The highest BCUT2D eigenvalue weighted by Gasteiger charge is 2.58. The summed E-state index contributed by atoms with van der Waals surface area (Å²) >= 11 is 0. The first-order chi connectivity index (χ1) is 7.93. The summed E-state index contributed by atoms with van der Waals surface area (Å²) in [6, 6.07) is 0. The van der Waals surface area contributed by atoms with Crippen LogP contribution >= 0.6 is 0 Å². The number of ketones is 1. The van der Waals surface area contributed by atoms with Crippen LogP contribution in [0.5, 0.6) is 0 Å². The van der Waals surface area contributed by atoms with Gasteiger partial charge in [0.1, 0.15) is 18.3 Å². The van der Waals surface area contributed by atoms with Crippen LogP contribution in [-0.2, 0) is 14.3 Å². The Morgan fingerprint density at radius 3 is 2.59 bits per heavy atom. The molecule has 5 atom stereocenters. The van der Waals surface area contributed by atoms with E-state index in [-0.39, 0.29) is 0 Å². The minimum absolute atomic E-state index is 0.587. The zero-order valence-electron chi connectivity index (χ0n) is 9.31. The molecule has 1 rings (SSSR count). The minimum atomic E-state index is -2.44. The molecule has 17 heavy (non-hydrogen) atoms. The fraction of sp³-hybridized carbons (Fsp3) is 0.700. The van der Waals surface area contributed by atoms with E-state index in [2.05, 4.69) is 6.58 Å². The van der Waals surface area contributed by atoms with Crippen molar-refractivity contribution in [3.63, 3.8) is 0 Å². The van der Waals surface area contributed by atoms with Crippen molar-refractivity contribution in [1.82, 2.24) is 0 Å². The smallest absolute Gasteiger partial charge is 0.206 e. The molecule has 0 bridgehead atoms. The van der Waals surface area contributed by atoms with Gasteiger partial charge in [-0.05, 0) is 6.08 Å². The average molecular weight is 248 g/mol. The number of aliphatic hydroxyl groups is 4. The molecular formula is C10H16O7. The van der Waals surface area contributed by atoms with Gasteiger partial charge in [0.15, 0.2) is 12.1 Å². The Hall–Kier alpha value is -0.830. The number of ether oxygens (including phenoxy) is 2. The molecule has 0 aromatic heterocycles. The summed E-state index contributed by atoms with van der Waals surface area (Å²) in [5, 5.41) is 38.4. The van der Waals surface area contributed by atoms with E-state index in [9.17, 15) is 20.1 Å². The summed E-state index contributed by atoms with van der Waals surface area (Å²) in [6.07, 6.45) is -5.30. The van der Waals surface area contributed by atoms with Gasteiger partial charge in [0, 0.05) is 7.11 Å². The van der Waals surface area contributed by atoms with E-state index in [1.165, 1.54) is 0 Å². The first kappa shape index (κ1) is 14.2. The lowest BCUT2D eigenvalue weighted by Gasteiger charge is -2.45. The van der Waals surface area contributed by atoms with Crippen LogP contribution < -0.4 is 0 Å². The molecule has 0 aromatic rings. The molecular weight excluding hydrogens is 232 g/mol. The van der Waals surface area contributed by atoms with Crippen molar-refractivity contribution in [2.24, 2.45) is 0 Å². The number of hydrogen-bond donors (Lipinski definition) is 4. The van der Waals surface area contributed by atoms with Crippen LogP contribution in [0.25, 0.3) is 0 Å². The van der Waals surface area contributed by atoms with Gasteiger partial charge in [-0.2, -0.15) is 0 Å². The van der Waals surface area contributed by atoms with Crippen molar-refractivity contribution in [2.45, 2.75) is 30.2 Å². The van der Waals surface area contributed by atoms with Crippen LogP contribution in [0.3, 0.4) is 0 Å². The predicted octanol–water partition coefficient (Wildman–Crippen LogP) is -2.44. The summed E-state index contributed by atoms with van der Waals surface area (Å²) in [7, 11) is 1.16. The van der Waals surface area contributed by atoms with E-state index in [1.54, 1.807) is 0 Å². The van der Waals surface area contributed by atoms with Crippen LogP contribution in [0.4, 0.5) is 0 Å². The molecule has 1 aliphatic rings. The molecule has 0 radical (unpaired) electrons. The molecule has 7 heteroatoms. The Morgan fingerprint density at radius 2 is 2.18 bits per heavy atom. The summed E-state index contributed by atoms with van der Waals surface area (Å²) in [4.78, 5) is 11.5. The lowest BCUT2D eigenvalue weighted by molar-refractivity contribution is -0.322. The molecule has 98 valence electrons. The number of hydrogen-bond acceptors (Lipinski definition) is 7. The van der Waals surface area contributed by atoms with Gasteiger partial charge >= 0.3 is 0 Å². The lowest BCUT2D eigenvalue weighted by atomic mass is 9.83. The van der Waals surface area contributed by atoms with Crippen molar-refractivity contribution >= 4 is 5.78 Å². The Kier molecular flexibility index (Phi) is 4.36. The molecule has 0 unspecified atom stereocenters. The van der Waals surface area contributed by atoms with Gasteiger partial charge in [0.2, 0.25) is 5.60 Å². The Labute approximate surface area is 97.9 Å². The zero-order valence-corrected chi connectivity index (χ0v) is 9.31. The van der Waals surface area contributed by atoms with Gasteiger partial charge in [0.25, 0.3) is 0 Å². The maximum absolute atomic E-state index is 11.5. The molecule has 1 heterocycles. The highest BCUT2D eigenvalue weighted by molar-refractivity contribution is 5.97. The Morgan fingerprint density at radius 1 is 1.59 bits per heavy atom. The topological polar surface area (TPSA) is 116 Å². The summed E-state index contributed by atoms with van der Waals surface area (Å²) in [5.41, 5.74) is -2.44. The molecule has 0 amide bonds. The maximum Gasteiger partial charge on any atom is 0.206 e. The molecule has 0 saturated carbocycles. The van der Waals surface area contributed by atoms with Crippen molar-refractivity contribution in [1.29, 1.82) is 0 Å². The monoisotopic (exact) mass is 248 g/mol. The number of carbonyl (C=O) groups excluding carboxylic acids is 1. The first-order valence-electron chi connectivity index (χ1n) is 4.97. The second kappa shape index (κ2) is 5.21. The van der Waals surface area contributed by atoms with Crippen molar-refractivity contribution in [2.75, 3.05) is 13.7 Å². The van der Waals surface area contributed by atoms with Crippen molar-refractivity contribution in [3.05, 3.63) is 12.7 Å². The highest BCUT2D eigenvalue weighted by atomic mass is 16.7. The fourth-order valence-corrected chi connectivity index (χ4v) is 1.76. The average Bonchev–Trinajstić information content (AvgIpc) is 2.35. The minimum Gasteiger partial charge on any atom is -0.394 e. The quantitative estimate of drug-likeness (QED) is 0.408. The van der Waals surface area contributed by atoms with Gasteiger partial charge in [-0.1, -0.05) is 6.58 Å². The summed E-state index contributed by atoms with van der Waals surface area (Å²) < 4.78 is 9.76. The van der Waals surface area contributed by atoms with E-state index in [0.717, 1.165) is 13.2 Å². The fourth-order valence-electron chi connectivity index (χ4n) is 1.76. The molecule has 0 aliphatic carbocycles. The Balaban J connectivity index is 3.10. The van der Waals surface area contributed by atoms with Gasteiger partial charge in [-0.15, -0.1) is 0 Å². The number of rotatable bonds is 4. The predicted molar refractivity (Wildman–Crippen MR) is 54.9 cm³/mol. The third-order valence-corrected chi connectivity index (χ3v) is 2.79. The number of carbonyl (C=O) groups is 1. The summed E-state index contributed by atoms with van der Waals surface area (Å²) in [5.74, 6) is -0.938. The molecule has 0 spiro atoms. The van der Waals surface area contributed by atoms with Crippen LogP contribution in [0.1, 0.15) is 0 Å². The maximum atomic E-state index is 11.5. The zero-order chi connectivity index (χ0) is 13.2. The lowest BCUT2D eigenvalue weighted by Crippen LogP contribution is -2.70. The van der Waals surface area contributed by atoms with Crippen LogP contribution in [0.15, 0.2) is 12.7 Å². The van der Waals surface area contributed by atoms with Gasteiger partial charge < -0.3 is 29.9 Å². The van der Waals surface area contributed by atoms with Crippen LogP contribution in [-0.4, -0.2) is 70.1 Å². The molecule has 0 aromatic carbocycles. The summed E-state index contributed by atoms with van der Waals surface area (Å²) in [6.45, 7) is 2.60. The third kappa shape index (κ3) is 2.13. The van der Waals surface area contributed by atoms with Crippen LogP contribution in [0, 0.1) is 0 Å². The first-order valence-corrected chi connectivity index (χ1v) is 4.97. The second-order valence-corrected chi connectivity index (χ2v) is 3.75. The van der Waals surface area contributed by atoms with Crippen molar-refractivity contribution in [3.8, 4) is 0 Å². The van der Waals surface area contributed by atoms with Gasteiger partial charge in [-0.25, -0.2) is 0 Å². The molecule has 1 saturated heterocycles. The number of aliphatic hydroxyl groups excluding tert-OH is 3. The third-order valence-electron chi connectivity index (χ3n) is 2.79. The molecule has 1 fully saturated rings. The Bertz CT molecular complexity index is 301. The molecule has 4 N–H and O–H groups in total. The van der Waals surface area contributed by atoms with E-state index in [1.807, 2.05) is 0 Å². The SMILES string of the molecule is C=CC(=O)[C@]1(O)[C@@H](OC)O[C@H](CO)[C@@H](O)[C@@H]1O. The second-order valence-electron chi connectivity index (χ2n) is 3.75. The van der Waals surface area contributed by atoms with E-state index >= 15 is 0 Å². The number of methoxy groups -OCH3 is 1. The largest absolute Gasteiger partial charge is 0.394 e. The standard InChI is InChI=1S/C10H16O7/c1-3-6(12)10(15)8(14)7(13)5(4-11)17-9(10)16-2/h3,5,7-9,11,13-15H,1,4H2,2H3/t5-,7-,8+,9+,10-/m1/s1. The van der Waals surface area contributed by atoms with Crippen molar-refractivity contribution < 1.29 is 34.7 Å². The molecule has 7 nitrogen and oxygen atoms in total. The van der Waals surface area contributed by atoms with Gasteiger partial charge in [0.05, 0.1) is 6.61 Å².